The summed E-state index contributed by atoms with van der Waals surface area (Å²) in [4.78, 5) is 50.1. The van der Waals surface area contributed by atoms with E-state index in [2.05, 4.69) is 10.6 Å². The van der Waals surface area contributed by atoms with Crippen LogP contribution in [0.25, 0.3) is 6.08 Å². The summed E-state index contributed by atoms with van der Waals surface area (Å²) in [7, 11) is 0. The zero-order valence-electron chi connectivity index (χ0n) is 21.5. The maximum Gasteiger partial charge on any atom is 0.326 e. The molecule has 7 heteroatoms. The van der Waals surface area contributed by atoms with E-state index in [9.17, 15) is 24.3 Å². The molecule has 0 spiro atoms. The van der Waals surface area contributed by atoms with E-state index in [0.29, 0.717) is 11.1 Å². The van der Waals surface area contributed by atoms with Crippen LogP contribution in [0.1, 0.15) is 52.1 Å². The predicted molar refractivity (Wildman–Crippen MR) is 147 cm³/mol. The molecule has 0 bridgehead atoms. The van der Waals surface area contributed by atoms with Crippen LogP contribution < -0.4 is 10.6 Å². The van der Waals surface area contributed by atoms with Gasteiger partial charge in [0.05, 0.1) is 0 Å². The Morgan fingerprint density at radius 1 is 0.763 bits per heavy atom. The molecule has 7 nitrogen and oxygen atoms in total. The molecule has 0 aliphatic carbocycles. The van der Waals surface area contributed by atoms with Crippen molar-refractivity contribution >= 4 is 29.6 Å². The van der Waals surface area contributed by atoms with E-state index in [1.165, 1.54) is 6.08 Å². The number of aliphatic carboxylic acids is 1. The average Bonchev–Trinajstić information content (AvgIpc) is 2.92. The molecule has 38 heavy (non-hydrogen) atoms. The average molecular weight is 513 g/mol. The third kappa shape index (κ3) is 8.55. The van der Waals surface area contributed by atoms with Crippen LogP contribution in [0.3, 0.4) is 0 Å². The minimum Gasteiger partial charge on any atom is -0.480 e. The Morgan fingerprint density at radius 3 is 1.95 bits per heavy atom. The minimum absolute atomic E-state index is 0.0640. The van der Waals surface area contributed by atoms with Crippen molar-refractivity contribution in [3.63, 3.8) is 0 Å². The smallest absolute Gasteiger partial charge is 0.326 e. The van der Waals surface area contributed by atoms with Crippen molar-refractivity contribution in [1.29, 1.82) is 0 Å². The van der Waals surface area contributed by atoms with Crippen LogP contribution in [0.2, 0.25) is 0 Å². The second kappa shape index (κ2) is 13.7. The Hall–Kier alpha value is -4.52. The fourth-order valence-electron chi connectivity index (χ4n) is 3.88. The van der Waals surface area contributed by atoms with Gasteiger partial charge in [-0.3, -0.25) is 14.4 Å². The number of carboxylic acids is 1. The van der Waals surface area contributed by atoms with E-state index < -0.39 is 29.9 Å². The molecule has 2 amide bonds. The largest absolute Gasteiger partial charge is 0.480 e. The van der Waals surface area contributed by atoms with Gasteiger partial charge in [-0.1, -0.05) is 92.7 Å². The number of carbonyl (C=O) groups excluding carboxylic acids is 3. The number of hydrogen-bond acceptors (Lipinski definition) is 4. The van der Waals surface area contributed by atoms with Crippen molar-refractivity contribution < 1.29 is 24.3 Å². The van der Waals surface area contributed by atoms with Crippen molar-refractivity contribution in [2.24, 2.45) is 5.92 Å². The fraction of sp³-hybridized carbons (Fsp3) is 0.226. The quantitative estimate of drug-likeness (QED) is 0.244. The molecule has 0 aliphatic heterocycles. The SMILES string of the molecule is CC(C)CC(NC(=O)C(Cc1ccccc1)NC(=O)c1ccc(/C=C/C(=O)c2ccccc2)cc1)C(=O)O. The third-order valence-electron chi connectivity index (χ3n) is 5.88. The van der Waals surface area contributed by atoms with Crippen molar-refractivity contribution in [1.82, 2.24) is 10.6 Å². The topological polar surface area (TPSA) is 113 Å². The summed E-state index contributed by atoms with van der Waals surface area (Å²) < 4.78 is 0. The van der Waals surface area contributed by atoms with Crippen LogP contribution in [-0.2, 0) is 16.0 Å². The van der Waals surface area contributed by atoms with E-state index in [1.54, 1.807) is 54.6 Å². The lowest BCUT2D eigenvalue weighted by Crippen LogP contribution is -2.52. The number of benzene rings is 3. The minimum atomic E-state index is -1.12. The number of rotatable bonds is 12. The number of carbonyl (C=O) groups is 4. The van der Waals surface area contributed by atoms with E-state index in [-0.39, 0.29) is 24.5 Å². The molecule has 0 aromatic heterocycles. The van der Waals surface area contributed by atoms with Crippen LogP contribution in [0.4, 0.5) is 0 Å². The molecule has 3 N–H and O–H groups in total. The molecule has 0 saturated carbocycles. The first-order valence-electron chi connectivity index (χ1n) is 12.5. The number of amides is 2. The van der Waals surface area contributed by atoms with Gasteiger partial charge in [0.15, 0.2) is 5.78 Å². The summed E-state index contributed by atoms with van der Waals surface area (Å²) >= 11 is 0. The second-order valence-corrected chi connectivity index (χ2v) is 9.43. The highest BCUT2D eigenvalue weighted by Gasteiger charge is 2.27. The van der Waals surface area contributed by atoms with Crippen LogP contribution in [-0.4, -0.2) is 40.8 Å². The summed E-state index contributed by atoms with van der Waals surface area (Å²) in [6.45, 7) is 3.75. The summed E-state index contributed by atoms with van der Waals surface area (Å²) in [5.74, 6) is -2.21. The molecule has 196 valence electrons. The van der Waals surface area contributed by atoms with Gasteiger partial charge in [-0.05, 0) is 41.7 Å². The fourth-order valence-corrected chi connectivity index (χ4v) is 3.88. The molecule has 3 aromatic rings. The van der Waals surface area contributed by atoms with Crippen LogP contribution in [0.5, 0.6) is 0 Å². The van der Waals surface area contributed by atoms with Crippen molar-refractivity contribution in [3.05, 3.63) is 113 Å². The van der Waals surface area contributed by atoms with Crippen LogP contribution >= 0.6 is 0 Å². The van der Waals surface area contributed by atoms with Crippen molar-refractivity contribution in [2.45, 2.75) is 38.8 Å². The molecule has 3 aromatic carbocycles. The number of carboxylic acid groups (broad SMARTS) is 1. The Morgan fingerprint density at radius 2 is 1.37 bits per heavy atom. The molecule has 0 heterocycles. The predicted octanol–water partition coefficient (Wildman–Crippen LogP) is 4.54. The molecule has 0 fully saturated rings. The van der Waals surface area contributed by atoms with Crippen LogP contribution in [0, 0.1) is 5.92 Å². The van der Waals surface area contributed by atoms with Crippen molar-refractivity contribution in [2.75, 3.05) is 0 Å². The first-order valence-corrected chi connectivity index (χ1v) is 12.5. The van der Waals surface area contributed by atoms with E-state index in [0.717, 1.165) is 11.1 Å². The van der Waals surface area contributed by atoms with Gasteiger partial charge in [-0.25, -0.2) is 4.79 Å². The third-order valence-corrected chi connectivity index (χ3v) is 5.88. The number of hydrogen-bond donors (Lipinski definition) is 3. The lowest BCUT2D eigenvalue weighted by atomic mass is 10.0. The highest BCUT2D eigenvalue weighted by molar-refractivity contribution is 6.06. The lowest BCUT2D eigenvalue weighted by Gasteiger charge is -2.22. The monoisotopic (exact) mass is 512 g/mol. The zero-order valence-corrected chi connectivity index (χ0v) is 21.5. The standard InChI is InChI=1S/C31H32N2O5/c1-21(2)19-27(31(37)38)33-30(36)26(20-23-9-5-3-6-10-23)32-29(35)25-16-13-22(14-17-25)15-18-28(34)24-11-7-4-8-12-24/h3-18,21,26-27H,19-20H2,1-2H3,(H,32,35)(H,33,36)(H,37,38)/b18-15+. The van der Waals surface area contributed by atoms with Gasteiger partial charge >= 0.3 is 5.97 Å². The maximum atomic E-state index is 13.1. The van der Waals surface area contributed by atoms with Gasteiger partial charge in [0.2, 0.25) is 5.91 Å². The summed E-state index contributed by atoms with van der Waals surface area (Å²) in [5.41, 5.74) is 2.48. The number of nitrogens with one attached hydrogen (secondary N) is 2. The number of ketones is 1. The Labute approximate surface area is 222 Å². The highest BCUT2D eigenvalue weighted by atomic mass is 16.4. The molecule has 3 rings (SSSR count). The molecule has 2 unspecified atom stereocenters. The van der Waals surface area contributed by atoms with E-state index in [1.807, 2.05) is 50.2 Å². The number of allylic oxidation sites excluding steroid dienone is 1. The summed E-state index contributed by atoms with van der Waals surface area (Å²) in [5, 5.41) is 14.9. The van der Waals surface area contributed by atoms with Gasteiger partial charge in [0.25, 0.3) is 5.91 Å². The molecule has 0 radical (unpaired) electrons. The van der Waals surface area contributed by atoms with E-state index in [4.69, 9.17) is 0 Å². The Kier molecular flexibility index (Phi) is 10.1. The van der Waals surface area contributed by atoms with Crippen molar-refractivity contribution in [3.8, 4) is 0 Å². The van der Waals surface area contributed by atoms with Gasteiger partial charge < -0.3 is 15.7 Å². The van der Waals surface area contributed by atoms with Gasteiger partial charge in [-0.2, -0.15) is 0 Å². The van der Waals surface area contributed by atoms with Gasteiger partial charge in [0.1, 0.15) is 12.1 Å². The second-order valence-electron chi connectivity index (χ2n) is 9.43. The maximum absolute atomic E-state index is 13.1. The first kappa shape index (κ1) is 28.1. The van der Waals surface area contributed by atoms with E-state index >= 15 is 0 Å². The normalized spacial score (nSPS) is 12.6. The Bertz CT molecular complexity index is 1270. The Balaban J connectivity index is 1.71. The summed E-state index contributed by atoms with van der Waals surface area (Å²) in [6.07, 6.45) is 3.62. The highest BCUT2D eigenvalue weighted by Crippen LogP contribution is 2.11. The molecule has 0 aliphatic rings. The van der Waals surface area contributed by atoms with Gasteiger partial charge in [-0.15, -0.1) is 0 Å². The molecule has 2 atom stereocenters. The summed E-state index contributed by atoms with van der Waals surface area (Å²) in [6, 6.07) is 22.7. The van der Waals surface area contributed by atoms with Crippen LogP contribution in [0.15, 0.2) is 91.0 Å². The van der Waals surface area contributed by atoms with Gasteiger partial charge in [0, 0.05) is 17.5 Å². The molecule has 0 saturated heterocycles. The first-order chi connectivity index (χ1) is 18.2. The molecular weight excluding hydrogens is 480 g/mol. The zero-order chi connectivity index (χ0) is 27.5. The lowest BCUT2D eigenvalue weighted by molar-refractivity contribution is -0.142. The molecular formula is C31H32N2O5.